The molecule has 0 aromatic heterocycles. The first-order chi connectivity index (χ1) is 10.00. The van der Waals surface area contributed by atoms with Crippen molar-refractivity contribution in [2.45, 2.75) is 37.9 Å². The van der Waals surface area contributed by atoms with E-state index in [1.165, 1.54) is 12.1 Å². The van der Waals surface area contributed by atoms with E-state index in [4.69, 9.17) is 9.47 Å². The molecule has 1 N–H and O–H groups in total. The summed E-state index contributed by atoms with van der Waals surface area (Å²) in [5, 5.41) is 10.5. The second-order valence-electron chi connectivity index (χ2n) is 5.15. The summed E-state index contributed by atoms with van der Waals surface area (Å²) in [6, 6.07) is 2.50. The van der Waals surface area contributed by atoms with Crippen LogP contribution in [0.5, 0.6) is 0 Å². The fraction of sp³-hybridized carbons (Fsp3) is 0.600. The number of hydrogen-bond donors (Lipinski definition) is 1. The zero-order valence-electron chi connectivity index (χ0n) is 11.9. The van der Waals surface area contributed by atoms with Crippen LogP contribution in [-0.2, 0) is 15.9 Å². The molecule has 0 saturated carbocycles. The normalized spacial score (nSPS) is 19.5. The number of ether oxygens (including phenoxy) is 2. The molecule has 6 heteroatoms. The fourth-order valence-corrected chi connectivity index (χ4v) is 3.09. The van der Waals surface area contributed by atoms with Gasteiger partial charge in [0.1, 0.15) is 11.6 Å². The van der Waals surface area contributed by atoms with Crippen LogP contribution in [0.25, 0.3) is 0 Å². The predicted molar refractivity (Wildman–Crippen MR) is 78.2 cm³/mol. The van der Waals surface area contributed by atoms with Gasteiger partial charge >= 0.3 is 0 Å². The monoisotopic (exact) mass is 364 g/mol. The van der Waals surface area contributed by atoms with Crippen molar-refractivity contribution in [3.63, 3.8) is 0 Å². The number of aliphatic hydroxyl groups excluding tert-OH is 1. The molecule has 0 bridgehead atoms. The highest BCUT2D eigenvalue weighted by Crippen LogP contribution is 2.32. The van der Waals surface area contributed by atoms with Gasteiger partial charge in [-0.3, -0.25) is 0 Å². The SMILES string of the molecule is CCOC1(C(O)Cc2c(F)ccc(Br)c2F)CCOCC1. The quantitative estimate of drug-likeness (QED) is 0.815. The number of hydrogen-bond acceptors (Lipinski definition) is 3. The lowest BCUT2D eigenvalue weighted by molar-refractivity contribution is -0.165. The summed E-state index contributed by atoms with van der Waals surface area (Å²) >= 11 is 3.04. The van der Waals surface area contributed by atoms with Gasteiger partial charge < -0.3 is 14.6 Å². The number of benzene rings is 1. The number of halogens is 3. The summed E-state index contributed by atoms with van der Waals surface area (Å²) in [5.74, 6) is -1.33. The molecule has 1 heterocycles. The van der Waals surface area contributed by atoms with Gasteiger partial charge in [0.2, 0.25) is 0 Å². The van der Waals surface area contributed by atoms with Crippen LogP contribution >= 0.6 is 15.9 Å². The van der Waals surface area contributed by atoms with E-state index in [0.717, 1.165) is 0 Å². The molecule has 0 radical (unpaired) electrons. The summed E-state index contributed by atoms with van der Waals surface area (Å²) in [6.07, 6.45) is -0.0880. The van der Waals surface area contributed by atoms with Crippen LogP contribution in [-0.4, -0.2) is 36.6 Å². The molecule has 118 valence electrons. The lowest BCUT2D eigenvalue weighted by atomic mass is 9.84. The van der Waals surface area contributed by atoms with Gasteiger partial charge in [0.05, 0.1) is 16.2 Å². The molecular formula is C15H19BrF2O3. The van der Waals surface area contributed by atoms with Gasteiger partial charge in [0.15, 0.2) is 0 Å². The molecule has 1 saturated heterocycles. The average Bonchev–Trinajstić information content (AvgIpc) is 2.48. The minimum Gasteiger partial charge on any atom is -0.390 e. The Hall–Kier alpha value is -0.560. The Morgan fingerprint density at radius 2 is 2.05 bits per heavy atom. The third kappa shape index (κ3) is 3.62. The van der Waals surface area contributed by atoms with Crippen molar-refractivity contribution in [2.75, 3.05) is 19.8 Å². The second kappa shape index (κ2) is 7.13. The Morgan fingerprint density at radius 1 is 1.38 bits per heavy atom. The fourth-order valence-electron chi connectivity index (χ4n) is 2.71. The Balaban J connectivity index is 2.23. The van der Waals surface area contributed by atoms with Gasteiger partial charge in [0, 0.05) is 44.6 Å². The maximum absolute atomic E-state index is 14.0. The molecule has 21 heavy (non-hydrogen) atoms. The van der Waals surface area contributed by atoms with E-state index < -0.39 is 23.3 Å². The Labute approximate surface area is 131 Å². The van der Waals surface area contributed by atoms with E-state index >= 15 is 0 Å². The van der Waals surface area contributed by atoms with Gasteiger partial charge in [0.25, 0.3) is 0 Å². The molecule has 1 aromatic rings. The summed E-state index contributed by atoms with van der Waals surface area (Å²) in [4.78, 5) is 0. The molecule has 1 fully saturated rings. The van der Waals surface area contributed by atoms with Crippen molar-refractivity contribution in [2.24, 2.45) is 0 Å². The van der Waals surface area contributed by atoms with E-state index in [1.54, 1.807) is 0 Å². The molecule has 1 aliphatic heterocycles. The highest BCUT2D eigenvalue weighted by atomic mass is 79.9. The van der Waals surface area contributed by atoms with Gasteiger partial charge in [-0.25, -0.2) is 8.78 Å². The zero-order valence-corrected chi connectivity index (χ0v) is 13.5. The third-order valence-corrected chi connectivity index (χ3v) is 4.53. The molecule has 2 rings (SSSR count). The van der Waals surface area contributed by atoms with Crippen LogP contribution in [0, 0.1) is 11.6 Å². The first-order valence-electron chi connectivity index (χ1n) is 7.02. The van der Waals surface area contributed by atoms with Crippen LogP contribution in [0.2, 0.25) is 0 Å². The minimum absolute atomic E-state index is 0.123. The number of aliphatic hydroxyl groups is 1. The van der Waals surface area contributed by atoms with E-state index in [-0.39, 0.29) is 16.5 Å². The van der Waals surface area contributed by atoms with E-state index in [2.05, 4.69) is 15.9 Å². The molecule has 1 aliphatic rings. The summed E-state index contributed by atoms with van der Waals surface area (Å²) in [5.41, 5.74) is -0.920. The number of rotatable bonds is 5. The summed E-state index contributed by atoms with van der Waals surface area (Å²) in [6.45, 7) is 3.21. The highest BCUT2D eigenvalue weighted by molar-refractivity contribution is 9.10. The van der Waals surface area contributed by atoms with Gasteiger partial charge in [-0.15, -0.1) is 0 Å². The van der Waals surface area contributed by atoms with Crippen LogP contribution < -0.4 is 0 Å². The van der Waals surface area contributed by atoms with Crippen LogP contribution in [0.3, 0.4) is 0 Å². The minimum atomic E-state index is -0.986. The van der Waals surface area contributed by atoms with Crippen molar-refractivity contribution < 1.29 is 23.4 Å². The maximum Gasteiger partial charge on any atom is 0.143 e. The maximum atomic E-state index is 14.0. The van der Waals surface area contributed by atoms with Crippen molar-refractivity contribution in [3.05, 3.63) is 33.8 Å². The highest BCUT2D eigenvalue weighted by Gasteiger charge is 2.41. The van der Waals surface area contributed by atoms with Crippen LogP contribution in [0.15, 0.2) is 16.6 Å². The second-order valence-corrected chi connectivity index (χ2v) is 6.01. The smallest absolute Gasteiger partial charge is 0.143 e. The molecule has 0 aliphatic carbocycles. The first kappa shape index (κ1) is 16.8. The Kier molecular flexibility index (Phi) is 5.71. The van der Waals surface area contributed by atoms with Crippen molar-refractivity contribution in [3.8, 4) is 0 Å². The van der Waals surface area contributed by atoms with Crippen molar-refractivity contribution in [1.82, 2.24) is 0 Å². The van der Waals surface area contributed by atoms with Gasteiger partial charge in [-0.2, -0.15) is 0 Å². The van der Waals surface area contributed by atoms with E-state index in [9.17, 15) is 13.9 Å². The van der Waals surface area contributed by atoms with Crippen LogP contribution in [0.4, 0.5) is 8.78 Å². The molecular weight excluding hydrogens is 346 g/mol. The van der Waals surface area contributed by atoms with Crippen molar-refractivity contribution in [1.29, 1.82) is 0 Å². The van der Waals surface area contributed by atoms with Gasteiger partial charge in [-0.05, 0) is 35.0 Å². The molecule has 0 amide bonds. The summed E-state index contributed by atoms with van der Waals surface area (Å²) < 4.78 is 39.1. The molecule has 3 nitrogen and oxygen atoms in total. The topological polar surface area (TPSA) is 38.7 Å². The average molecular weight is 365 g/mol. The third-order valence-electron chi connectivity index (χ3n) is 3.91. The summed E-state index contributed by atoms with van der Waals surface area (Å²) in [7, 11) is 0. The molecule has 0 spiro atoms. The van der Waals surface area contributed by atoms with Crippen molar-refractivity contribution >= 4 is 15.9 Å². The molecule has 1 atom stereocenters. The van der Waals surface area contributed by atoms with E-state index in [0.29, 0.717) is 32.7 Å². The Bertz CT molecular complexity index is 485. The molecule has 1 unspecified atom stereocenters. The van der Waals surface area contributed by atoms with Gasteiger partial charge in [-0.1, -0.05) is 0 Å². The van der Waals surface area contributed by atoms with Crippen LogP contribution in [0.1, 0.15) is 25.3 Å². The standard InChI is InChI=1S/C15H19BrF2O3/c1-2-21-15(5-7-20-8-6-15)13(19)9-10-12(17)4-3-11(16)14(10)18/h3-4,13,19H,2,5-9H2,1H3. The lowest BCUT2D eigenvalue weighted by Gasteiger charge is -2.40. The molecule has 1 aromatic carbocycles. The first-order valence-corrected chi connectivity index (χ1v) is 7.81. The lowest BCUT2D eigenvalue weighted by Crippen LogP contribution is -2.50. The van der Waals surface area contributed by atoms with E-state index in [1.807, 2.05) is 6.92 Å². The Morgan fingerprint density at radius 3 is 2.67 bits per heavy atom. The zero-order chi connectivity index (χ0) is 15.5. The largest absolute Gasteiger partial charge is 0.390 e. The predicted octanol–water partition coefficient (Wildman–Crippen LogP) is 3.22.